The number of aromatic nitrogens is 1. The predicted octanol–water partition coefficient (Wildman–Crippen LogP) is 14.6. The van der Waals surface area contributed by atoms with Crippen molar-refractivity contribution in [1.82, 2.24) is 4.57 Å². The van der Waals surface area contributed by atoms with Gasteiger partial charge >= 0.3 is 0 Å². The van der Waals surface area contributed by atoms with Crippen molar-refractivity contribution < 1.29 is 4.42 Å². The minimum Gasteiger partial charge on any atom is -0.455 e. The number of nitrogens with zero attached hydrogens (tertiary/aromatic N) is 2. The molecule has 0 saturated heterocycles. The average Bonchev–Trinajstić information content (AvgIpc) is 3.81. The van der Waals surface area contributed by atoms with E-state index in [4.69, 9.17) is 4.42 Å². The van der Waals surface area contributed by atoms with Crippen LogP contribution in [0.4, 0.5) is 17.1 Å². The van der Waals surface area contributed by atoms with Crippen molar-refractivity contribution in [2.45, 2.75) is 0 Å². The van der Waals surface area contributed by atoms with Crippen molar-refractivity contribution in [3.63, 3.8) is 0 Å². The van der Waals surface area contributed by atoms with Crippen LogP contribution in [0.25, 0.3) is 82.5 Å². The van der Waals surface area contributed by atoms with Crippen LogP contribution in [0.1, 0.15) is 0 Å². The summed E-state index contributed by atoms with van der Waals surface area (Å²) in [5.74, 6) is 0. The normalized spacial score (nSPS) is 11.6. The van der Waals surface area contributed by atoms with E-state index in [-0.39, 0.29) is 0 Å². The fourth-order valence-corrected chi connectivity index (χ4v) is 8.49. The van der Waals surface area contributed by atoms with Gasteiger partial charge in [0.15, 0.2) is 0 Å². The monoisotopic (exact) mass is 702 g/mol. The van der Waals surface area contributed by atoms with Gasteiger partial charge in [-0.1, -0.05) is 140 Å². The summed E-state index contributed by atoms with van der Waals surface area (Å²) >= 11 is 0. The second-order valence-electron chi connectivity index (χ2n) is 14.1. The number of furan rings is 1. The number of anilines is 3. The SMILES string of the molecule is c1ccc(-c2ccc(N(c3ccc4oc5c(-c6ccccc6)cc6ccccc6c5c4c3)c3cccc4c3c3ccccc3n4-c3ccccc3)cc2)cc1. The van der Waals surface area contributed by atoms with E-state index in [0.29, 0.717) is 0 Å². The molecule has 0 atom stereocenters. The number of hydrogen-bond donors (Lipinski definition) is 0. The summed E-state index contributed by atoms with van der Waals surface area (Å²) in [6.07, 6.45) is 0. The zero-order valence-electron chi connectivity index (χ0n) is 29.9. The molecule has 0 amide bonds. The van der Waals surface area contributed by atoms with E-state index in [1.807, 2.05) is 0 Å². The highest BCUT2D eigenvalue weighted by molar-refractivity contribution is 6.23. The number of benzene rings is 9. The number of fused-ring (bicyclic) bond motifs is 8. The molecule has 0 saturated carbocycles. The Morgan fingerprint density at radius 1 is 0.400 bits per heavy atom. The highest BCUT2D eigenvalue weighted by atomic mass is 16.3. The molecule has 0 N–H and O–H groups in total. The van der Waals surface area contributed by atoms with Gasteiger partial charge in [0.25, 0.3) is 0 Å². The molecular weight excluding hydrogens is 669 g/mol. The van der Waals surface area contributed by atoms with E-state index in [2.05, 4.69) is 216 Å². The summed E-state index contributed by atoms with van der Waals surface area (Å²) in [5, 5.41) is 6.99. The highest BCUT2D eigenvalue weighted by Gasteiger charge is 2.23. The Morgan fingerprint density at radius 2 is 1.02 bits per heavy atom. The van der Waals surface area contributed by atoms with Gasteiger partial charge in [-0.25, -0.2) is 0 Å². The summed E-state index contributed by atoms with van der Waals surface area (Å²) in [5.41, 5.74) is 13.1. The topological polar surface area (TPSA) is 21.3 Å². The minimum atomic E-state index is 0.866. The van der Waals surface area contributed by atoms with Crippen molar-refractivity contribution in [3.05, 3.63) is 206 Å². The van der Waals surface area contributed by atoms with Crippen LogP contribution >= 0.6 is 0 Å². The molecule has 258 valence electrons. The van der Waals surface area contributed by atoms with E-state index >= 15 is 0 Å². The molecule has 0 fully saturated rings. The Balaban J connectivity index is 1.20. The maximum atomic E-state index is 6.82. The Hall–Kier alpha value is -7.36. The van der Waals surface area contributed by atoms with Crippen LogP contribution in [0.2, 0.25) is 0 Å². The molecule has 0 aliphatic carbocycles. The smallest absolute Gasteiger partial charge is 0.143 e. The van der Waals surface area contributed by atoms with E-state index in [9.17, 15) is 0 Å². The molecule has 0 unspecified atom stereocenters. The van der Waals surface area contributed by atoms with Gasteiger partial charge in [-0.05, 0) is 94.2 Å². The Labute approximate surface area is 318 Å². The molecule has 2 heterocycles. The number of rotatable bonds is 6. The molecule has 9 aromatic carbocycles. The maximum Gasteiger partial charge on any atom is 0.143 e. The predicted molar refractivity (Wildman–Crippen MR) is 231 cm³/mol. The Bertz CT molecular complexity index is 3180. The first-order valence-corrected chi connectivity index (χ1v) is 18.8. The largest absolute Gasteiger partial charge is 0.455 e. The third-order valence-electron chi connectivity index (χ3n) is 11.0. The first kappa shape index (κ1) is 31.2. The molecule has 11 rings (SSSR count). The minimum absolute atomic E-state index is 0.866. The van der Waals surface area contributed by atoms with Crippen LogP contribution in [0.15, 0.2) is 211 Å². The van der Waals surface area contributed by atoms with Crippen LogP contribution in [0, 0.1) is 0 Å². The van der Waals surface area contributed by atoms with Crippen molar-refractivity contribution in [2.75, 3.05) is 4.90 Å². The summed E-state index contributed by atoms with van der Waals surface area (Å²) < 4.78 is 9.20. The lowest BCUT2D eigenvalue weighted by atomic mass is 9.96. The zero-order chi connectivity index (χ0) is 36.3. The molecule has 0 spiro atoms. The Morgan fingerprint density at radius 3 is 1.80 bits per heavy atom. The van der Waals surface area contributed by atoms with Crippen LogP contribution in [-0.4, -0.2) is 4.57 Å². The molecule has 11 aromatic rings. The second kappa shape index (κ2) is 12.6. The first-order valence-electron chi connectivity index (χ1n) is 18.8. The molecule has 3 heteroatoms. The summed E-state index contributed by atoms with van der Waals surface area (Å²) in [4.78, 5) is 2.42. The van der Waals surface area contributed by atoms with Gasteiger partial charge in [-0.3, -0.25) is 0 Å². The van der Waals surface area contributed by atoms with Gasteiger partial charge in [-0.2, -0.15) is 0 Å². The summed E-state index contributed by atoms with van der Waals surface area (Å²) in [6, 6.07) is 73.8. The van der Waals surface area contributed by atoms with Crippen LogP contribution < -0.4 is 4.90 Å². The molecule has 0 aliphatic rings. The van der Waals surface area contributed by atoms with E-state index in [1.165, 1.54) is 38.2 Å². The molecule has 2 aromatic heterocycles. The second-order valence-corrected chi connectivity index (χ2v) is 14.1. The average molecular weight is 703 g/mol. The van der Waals surface area contributed by atoms with Gasteiger partial charge in [0.1, 0.15) is 11.2 Å². The molecular formula is C52H34N2O. The van der Waals surface area contributed by atoms with Crippen LogP contribution in [0.3, 0.4) is 0 Å². The van der Waals surface area contributed by atoms with Gasteiger partial charge in [-0.15, -0.1) is 0 Å². The molecule has 0 bridgehead atoms. The van der Waals surface area contributed by atoms with Crippen LogP contribution in [-0.2, 0) is 0 Å². The van der Waals surface area contributed by atoms with Crippen molar-refractivity contribution in [3.8, 4) is 27.9 Å². The molecule has 55 heavy (non-hydrogen) atoms. The van der Waals surface area contributed by atoms with Crippen molar-refractivity contribution >= 4 is 71.6 Å². The van der Waals surface area contributed by atoms with E-state index in [0.717, 1.165) is 61.3 Å². The maximum absolute atomic E-state index is 6.82. The number of para-hydroxylation sites is 2. The van der Waals surface area contributed by atoms with Gasteiger partial charge in [0, 0.05) is 44.2 Å². The van der Waals surface area contributed by atoms with Crippen LogP contribution in [0.5, 0.6) is 0 Å². The molecule has 0 radical (unpaired) electrons. The standard InChI is InChI=1S/C52H34N2O/c1-4-15-35(16-5-1)36-27-29-40(30-28-36)53(47-25-14-26-48-51(47)43-23-12-13-24-46(43)54(48)39-20-8-3-9-21-39)41-31-32-49-45(34-41)50-42-22-11-10-19-38(42)33-44(52(50)55-49)37-17-6-2-7-18-37/h1-34H. The van der Waals surface area contributed by atoms with Crippen molar-refractivity contribution in [1.29, 1.82) is 0 Å². The number of hydrogen-bond acceptors (Lipinski definition) is 2. The lowest BCUT2D eigenvalue weighted by Gasteiger charge is -2.27. The fourth-order valence-electron chi connectivity index (χ4n) is 8.49. The van der Waals surface area contributed by atoms with Gasteiger partial charge < -0.3 is 13.9 Å². The van der Waals surface area contributed by atoms with E-state index < -0.39 is 0 Å². The van der Waals surface area contributed by atoms with Gasteiger partial charge in [0.2, 0.25) is 0 Å². The molecule has 3 nitrogen and oxygen atoms in total. The Kier molecular flexibility index (Phi) is 7.17. The quantitative estimate of drug-likeness (QED) is 0.172. The lowest BCUT2D eigenvalue weighted by Crippen LogP contribution is -2.10. The molecule has 0 aliphatic heterocycles. The fraction of sp³-hybridized carbons (Fsp3) is 0. The van der Waals surface area contributed by atoms with Gasteiger partial charge in [0.05, 0.1) is 16.7 Å². The van der Waals surface area contributed by atoms with Crippen molar-refractivity contribution in [2.24, 2.45) is 0 Å². The first-order chi connectivity index (χ1) is 27.3. The zero-order valence-corrected chi connectivity index (χ0v) is 29.9. The third-order valence-corrected chi connectivity index (χ3v) is 11.0. The summed E-state index contributed by atoms with van der Waals surface area (Å²) in [6.45, 7) is 0. The highest BCUT2D eigenvalue weighted by Crippen LogP contribution is 2.47. The van der Waals surface area contributed by atoms with E-state index in [1.54, 1.807) is 0 Å². The summed E-state index contributed by atoms with van der Waals surface area (Å²) in [7, 11) is 0. The third kappa shape index (κ3) is 5.05. The lowest BCUT2D eigenvalue weighted by molar-refractivity contribution is 0.670.